The standard InChI is InChI=1S/C23H21N5O/c29-23(28-13-9-16(10-14-28)18-5-1-3-11-24-18)17-7-8-19-21(15-17)27-22(26-19)20-6-2-4-12-25-20/h1-8,11-12,15-16H,9-10,13-14H2,(H,26,27). The summed E-state index contributed by atoms with van der Waals surface area (Å²) < 4.78 is 0. The van der Waals surface area contributed by atoms with E-state index in [1.54, 1.807) is 6.20 Å². The predicted octanol–water partition coefficient (Wildman–Crippen LogP) is 4.04. The van der Waals surface area contributed by atoms with E-state index in [-0.39, 0.29) is 5.91 Å². The molecule has 0 radical (unpaired) electrons. The number of aromatic amines is 1. The number of rotatable bonds is 3. The minimum Gasteiger partial charge on any atom is -0.339 e. The maximum atomic E-state index is 13.0. The number of hydrogen-bond donors (Lipinski definition) is 1. The van der Waals surface area contributed by atoms with Crippen molar-refractivity contribution < 1.29 is 4.79 Å². The monoisotopic (exact) mass is 383 g/mol. The van der Waals surface area contributed by atoms with Crippen LogP contribution in [0.25, 0.3) is 22.6 Å². The first-order chi connectivity index (χ1) is 14.3. The van der Waals surface area contributed by atoms with Crippen LogP contribution in [-0.4, -0.2) is 43.8 Å². The number of nitrogens with zero attached hydrogens (tertiary/aromatic N) is 4. The van der Waals surface area contributed by atoms with Crippen LogP contribution in [0.15, 0.2) is 67.0 Å². The lowest BCUT2D eigenvalue weighted by Crippen LogP contribution is -2.38. The van der Waals surface area contributed by atoms with Crippen LogP contribution in [0, 0.1) is 0 Å². The van der Waals surface area contributed by atoms with Crippen molar-refractivity contribution in [2.24, 2.45) is 0 Å². The number of hydrogen-bond acceptors (Lipinski definition) is 4. The molecule has 144 valence electrons. The molecule has 0 bridgehead atoms. The number of aromatic nitrogens is 4. The van der Waals surface area contributed by atoms with Crippen molar-refractivity contribution in [2.75, 3.05) is 13.1 Å². The Morgan fingerprint density at radius 1 is 0.966 bits per heavy atom. The summed E-state index contributed by atoms with van der Waals surface area (Å²) in [4.78, 5) is 31.6. The molecule has 6 heteroatoms. The van der Waals surface area contributed by atoms with Gasteiger partial charge in [-0.3, -0.25) is 14.8 Å². The van der Waals surface area contributed by atoms with Crippen molar-refractivity contribution in [3.8, 4) is 11.5 Å². The summed E-state index contributed by atoms with van der Waals surface area (Å²) in [5, 5.41) is 0. The summed E-state index contributed by atoms with van der Waals surface area (Å²) in [6.07, 6.45) is 5.47. The fourth-order valence-electron chi connectivity index (χ4n) is 3.95. The van der Waals surface area contributed by atoms with E-state index in [2.05, 4.69) is 26.0 Å². The molecule has 0 spiro atoms. The van der Waals surface area contributed by atoms with E-state index in [9.17, 15) is 4.79 Å². The number of imidazole rings is 1. The third-order valence-corrected chi connectivity index (χ3v) is 5.52. The molecular weight excluding hydrogens is 362 g/mol. The first-order valence-corrected chi connectivity index (χ1v) is 9.89. The van der Waals surface area contributed by atoms with Crippen molar-refractivity contribution in [3.05, 3.63) is 78.2 Å². The molecule has 0 atom stereocenters. The maximum Gasteiger partial charge on any atom is 0.253 e. The summed E-state index contributed by atoms with van der Waals surface area (Å²) in [5.41, 5.74) is 4.27. The van der Waals surface area contributed by atoms with Crippen LogP contribution >= 0.6 is 0 Å². The summed E-state index contributed by atoms with van der Waals surface area (Å²) in [6, 6.07) is 17.4. The van der Waals surface area contributed by atoms with Gasteiger partial charge in [0, 0.05) is 42.7 Å². The van der Waals surface area contributed by atoms with Gasteiger partial charge in [-0.2, -0.15) is 0 Å². The molecule has 29 heavy (non-hydrogen) atoms. The van der Waals surface area contributed by atoms with E-state index in [1.165, 1.54) is 0 Å². The largest absolute Gasteiger partial charge is 0.339 e. The van der Waals surface area contributed by atoms with Crippen LogP contribution in [0.2, 0.25) is 0 Å². The van der Waals surface area contributed by atoms with Crippen LogP contribution in [0.5, 0.6) is 0 Å². The van der Waals surface area contributed by atoms with Gasteiger partial charge in [-0.1, -0.05) is 12.1 Å². The molecule has 1 N–H and O–H groups in total. The van der Waals surface area contributed by atoms with E-state index < -0.39 is 0 Å². The normalized spacial score (nSPS) is 15.0. The molecule has 0 unspecified atom stereocenters. The number of H-pyrrole nitrogens is 1. The van der Waals surface area contributed by atoms with Crippen molar-refractivity contribution in [1.29, 1.82) is 0 Å². The molecule has 0 aliphatic carbocycles. The molecule has 1 saturated heterocycles. The Balaban J connectivity index is 1.32. The molecule has 3 aromatic heterocycles. The van der Waals surface area contributed by atoms with Gasteiger partial charge in [0.2, 0.25) is 0 Å². The number of likely N-dealkylation sites (tertiary alicyclic amines) is 1. The summed E-state index contributed by atoms with van der Waals surface area (Å²) in [7, 11) is 0. The lowest BCUT2D eigenvalue weighted by atomic mass is 9.92. The van der Waals surface area contributed by atoms with Gasteiger partial charge in [0.25, 0.3) is 5.91 Å². The number of pyridine rings is 2. The fourth-order valence-corrected chi connectivity index (χ4v) is 3.95. The molecule has 1 aliphatic heterocycles. The Bertz CT molecular complexity index is 1130. The van der Waals surface area contributed by atoms with E-state index >= 15 is 0 Å². The summed E-state index contributed by atoms with van der Waals surface area (Å²) in [6.45, 7) is 1.50. The third kappa shape index (κ3) is 3.49. The first kappa shape index (κ1) is 17.6. The Kier molecular flexibility index (Phi) is 4.52. The molecular formula is C23H21N5O. The van der Waals surface area contributed by atoms with Crippen molar-refractivity contribution >= 4 is 16.9 Å². The molecule has 4 aromatic rings. The van der Waals surface area contributed by atoms with Crippen LogP contribution in [0.1, 0.15) is 34.8 Å². The maximum absolute atomic E-state index is 13.0. The number of nitrogens with one attached hydrogen (secondary N) is 1. The second kappa shape index (κ2) is 7.47. The Morgan fingerprint density at radius 3 is 2.48 bits per heavy atom. The van der Waals surface area contributed by atoms with Gasteiger partial charge in [-0.05, 0) is 55.3 Å². The van der Waals surface area contributed by atoms with Gasteiger partial charge in [0.1, 0.15) is 5.69 Å². The average molecular weight is 383 g/mol. The number of carbonyl (C=O) groups excluding carboxylic acids is 1. The van der Waals surface area contributed by atoms with Gasteiger partial charge in [-0.25, -0.2) is 4.98 Å². The fraction of sp³-hybridized carbons (Fsp3) is 0.217. The molecule has 1 aromatic carbocycles. The topological polar surface area (TPSA) is 74.8 Å². The third-order valence-electron chi connectivity index (χ3n) is 5.52. The molecule has 6 nitrogen and oxygen atoms in total. The second-order valence-corrected chi connectivity index (χ2v) is 7.35. The number of benzene rings is 1. The van der Waals surface area contributed by atoms with Gasteiger partial charge in [0.05, 0.1) is 11.0 Å². The zero-order valence-electron chi connectivity index (χ0n) is 16.0. The Hall–Kier alpha value is -3.54. The van der Waals surface area contributed by atoms with E-state index in [0.717, 1.165) is 48.4 Å². The van der Waals surface area contributed by atoms with Crippen molar-refractivity contribution in [2.45, 2.75) is 18.8 Å². The molecule has 1 amide bonds. The second-order valence-electron chi connectivity index (χ2n) is 7.35. The van der Waals surface area contributed by atoms with Gasteiger partial charge >= 0.3 is 0 Å². The summed E-state index contributed by atoms with van der Waals surface area (Å²) in [5.74, 6) is 1.21. The molecule has 1 aliphatic rings. The molecule has 4 heterocycles. The SMILES string of the molecule is O=C(c1ccc2nc(-c3ccccn3)[nH]c2c1)N1CCC(c2ccccn2)CC1. The highest BCUT2D eigenvalue weighted by Crippen LogP contribution is 2.27. The lowest BCUT2D eigenvalue weighted by molar-refractivity contribution is 0.0712. The smallest absolute Gasteiger partial charge is 0.253 e. The van der Waals surface area contributed by atoms with Gasteiger partial charge < -0.3 is 9.88 Å². The van der Waals surface area contributed by atoms with E-state index in [4.69, 9.17) is 0 Å². The summed E-state index contributed by atoms with van der Waals surface area (Å²) >= 11 is 0. The number of piperidine rings is 1. The Morgan fingerprint density at radius 2 is 1.76 bits per heavy atom. The first-order valence-electron chi connectivity index (χ1n) is 9.89. The van der Waals surface area contributed by atoms with Crippen molar-refractivity contribution in [1.82, 2.24) is 24.8 Å². The molecule has 0 saturated carbocycles. The average Bonchev–Trinajstić information content (AvgIpc) is 3.23. The van der Waals surface area contributed by atoms with Crippen LogP contribution in [-0.2, 0) is 0 Å². The highest BCUT2D eigenvalue weighted by molar-refractivity contribution is 5.97. The zero-order valence-corrected chi connectivity index (χ0v) is 16.0. The number of carbonyl (C=O) groups is 1. The van der Waals surface area contributed by atoms with Crippen LogP contribution < -0.4 is 0 Å². The lowest BCUT2D eigenvalue weighted by Gasteiger charge is -2.31. The van der Waals surface area contributed by atoms with E-state index in [1.807, 2.05) is 59.6 Å². The van der Waals surface area contributed by atoms with Gasteiger partial charge in [0.15, 0.2) is 5.82 Å². The quantitative estimate of drug-likeness (QED) is 0.579. The van der Waals surface area contributed by atoms with Crippen molar-refractivity contribution in [3.63, 3.8) is 0 Å². The van der Waals surface area contributed by atoms with Crippen LogP contribution in [0.4, 0.5) is 0 Å². The van der Waals surface area contributed by atoms with E-state index in [0.29, 0.717) is 17.3 Å². The Labute approximate surface area is 168 Å². The van der Waals surface area contributed by atoms with Crippen LogP contribution in [0.3, 0.4) is 0 Å². The highest BCUT2D eigenvalue weighted by Gasteiger charge is 2.25. The minimum absolute atomic E-state index is 0.0698. The zero-order chi connectivity index (χ0) is 19.6. The number of fused-ring (bicyclic) bond motifs is 1. The van der Waals surface area contributed by atoms with Gasteiger partial charge in [-0.15, -0.1) is 0 Å². The number of amides is 1. The highest BCUT2D eigenvalue weighted by atomic mass is 16.2. The predicted molar refractivity (Wildman–Crippen MR) is 111 cm³/mol. The molecule has 1 fully saturated rings. The molecule has 5 rings (SSSR count). The minimum atomic E-state index is 0.0698.